The second-order valence-corrected chi connectivity index (χ2v) is 6.60. The van der Waals surface area contributed by atoms with E-state index in [0.29, 0.717) is 29.8 Å². The molecule has 0 aromatic heterocycles. The number of hydrogen-bond acceptors (Lipinski definition) is 3. The molecule has 0 unspecified atom stereocenters. The second-order valence-electron chi connectivity index (χ2n) is 6.60. The molecule has 144 valence electrons. The van der Waals surface area contributed by atoms with E-state index in [1.807, 2.05) is 30.3 Å². The molecule has 0 spiro atoms. The topological polar surface area (TPSA) is 82.0 Å². The van der Waals surface area contributed by atoms with Gasteiger partial charge in [0, 0.05) is 24.2 Å². The van der Waals surface area contributed by atoms with Crippen molar-refractivity contribution in [3.8, 4) is 17.2 Å². The average molecular weight is 383 g/mol. The molecule has 0 aliphatic carbocycles. The van der Waals surface area contributed by atoms with Gasteiger partial charge in [-0.25, -0.2) is 0 Å². The minimum Gasteiger partial charge on any atom is -0.350 e. The molecule has 0 fully saturated rings. The number of carbonyl (C=O) groups excluding carboxylic acids is 2. The van der Waals surface area contributed by atoms with Crippen molar-refractivity contribution in [3.05, 3.63) is 95.1 Å². The van der Waals surface area contributed by atoms with Crippen molar-refractivity contribution in [2.75, 3.05) is 13.1 Å². The monoisotopic (exact) mass is 383 g/mol. The summed E-state index contributed by atoms with van der Waals surface area (Å²) in [5.74, 6) is -0.471. The molecule has 29 heavy (non-hydrogen) atoms. The lowest BCUT2D eigenvalue weighted by Gasteiger charge is -2.09. The molecule has 2 N–H and O–H groups in total. The molecule has 5 nitrogen and oxygen atoms in total. The Bertz CT molecular complexity index is 1070. The average Bonchev–Trinajstić information content (AvgIpc) is 2.77. The van der Waals surface area contributed by atoms with Crippen molar-refractivity contribution in [1.29, 1.82) is 5.26 Å². The third kappa shape index (κ3) is 5.08. The minimum absolute atomic E-state index is 0.193. The lowest BCUT2D eigenvalue weighted by molar-refractivity contribution is 0.0927. The first kappa shape index (κ1) is 19.8. The van der Waals surface area contributed by atoms with Crippen LogP contribution in [0.1, 0.15) is 31.8 Å². The lowest BCUT2D eigenvalue weighted by Crippen LogP contribution is -2.34. The zero-order valence-corrected chi connectivity index (χ0v) is 16.1. The number of nitriles is 1. The maximum Gasteiger partial charge on any atom is 0.251 e. The van der Waals surface area contributed by atoms with E-state index in [2.05, 4.69) is 29.7 Å². The summed E-state index contributed by atoms with van der Waals surface area (Å²) < 4.78 is 0. The van der Waals surface area contributed by atoms with Gasteiger partial charge < -0.3 is 10.6 Å². The maximum absolute atomic E-state index is 12.3. The summed E-state index contributed by atoms with van der Waals surface area (Å²) in [6.45, 7) is 2.66. The van der Waals surface area contributed by atoms with Gasteiger partial charge in [-0.05, 0) is 53.9 Å². The molecule has 0 aliphatic heterocycles. The van der Waals surface area contributed by atoms with Crippen LogP contribution in [0.15, 0.2) is 72.8 Å². The Kier molecular flexibility index (Phi) is 6.39. The quantitative estimate of drug-likeness (QED) is 0.637. The highest BCUT2D eigenvalue weighted by Gasteiger charge is 2.08. The molecule has 0 atom stereocenters. The SMILES string of the molecule is Cc1ccccc1-c1ccc(C(=O)NCCNC(=O)c2cccc(C#N)c2)cc1. The van der Waals surface area contributed by atoms with Gasteiger partial charge >= 0.3 is 0 Å². The third-order valence-electron chi connectivity index (χ3n) is 4.55. The molecule has 0 aliphatic rings. The van der Waals surface area contributed by atoms with Crippen molar-refractivity contribution in [2.45, 2.75) is 6.92 Å². The van der Waals surface area contributed by atoms with E-state index in [1.165, 1.54) is 11.6 Å². The number of aryl methyl sites for hydroxylation is 1. The van der Waals surface area contributed by atoms with Crippen molar-refractivity contribution >= 4 is 11.8 Å². The molecular weight excluding hydrogens is 362 g/mol. The number of nitrogens with zero attached hydrogens (tertiary/aromatic N) is 1. The minimum atomic E-state index is -0.279. The predicted molar refractivity (Wildman–Crippen MR) is 112 cm³/mol. The van der Waals surface area contributed by atoms with Crippen LogP contribution in [0.2, 0.25) is 0 Å². The molecule has 0 radical (unpaired) electrons. The van der Waals surface area contributed by atoms with Gasteiger partial charge in [0.05, 0.1) is 11.6 Å². The van der Waals surface area contributed by atoms with Crippen LogP contribution in [0.5, 0.6) is 0 Å². The summed E-state index contributed by atoms with van der Waals surface area (Å²) in [5.41, 5.74) is 4.80. The number of rotatable bonds is 6. The summed E-state index contributed by atoms with van der Waals surface area (Å²) in [5, 5.41) is 14.4. The second kappa shape index (κ2) is 9.34. The fourth-order valence-corrected chi connectivity index (χ4v) is 2.98. The lowest BCUT2D eigenvalue weighted by atomic mass is 9.99. The van der Waals surface area contributed by atoms with Crippen LogP contribution in [-0.2, 0) is 0 Å². The van der Waals surface area contributed by atoms with Crippen molar-refractivity contribution in [2.24, 2.45) is 0 Å². The highest BCUT2D eigenvalue weighted by Crippen LogP contribution is 2.23. The Morgan fingerprint density at radius 1 is 0.828 bits per heavy atom. The van der Waals surface area contributed by atoms with E-state index >= 15 is 0 Å². The molecule has 0 saturated carbocycles. The Morgan fingerprint density at radius 2 is 1.48 bits per heavy atom. The van der Waals surface area contributed by atoms with E-state index in [0.717, 1.165) is 11.1 Å². The van der Waals surface area contributed by atoms with Gasteiger partial charge in [-0.15, -0.1) is 0 Å². The Balaban J connectivity index is 1.50. The van der Waals surface area contributed by atoms with Gasteiger partial charge in [0.2, 0.25) is 0 Å². The zero-order valence-electron chi connectivity index (χ0n) is 16.1. The first-order valence-corrected chi connectivity index (χ1v) is 9.31. The van der Waals surface area contributed by atoms with Gasteiger partial charge in [0.25, 0.3) is 11.8 Å². The van der Waals surface area contributed by atoms with Crippen LogP contribution in [0.25, 0.3) is 11.1 Å². The maximum atomic E-state index is 12.3. The molecule has 3 rings (SSSR count). The number of nitrogens with one attached hydrogen (secondary N) is 2. The van der Waals surface area contributed by atoms with Crippen LogP contribution >= 0.6 is 0 Å². The van der Waals surface area contributed by atoms with Crippen LogP contribution in [0.4, 0.5) is 0 Å². The highest BCUT2D eigenvalue weighted by atomic mass is 16.2. The summed E-state index contributed by atoms with van der Waals surface area (Å²) in [6, 6.07) is 24.0. The summed E-state index contributed by atoms with van der Waals surface area (Å²) in [7, 11) is 0. The fourth-order valence-electron chi connectivity index (χ4n) is 2.98. The number of carbonyl (C=O) groups is 2. The molecule has 3 aromatic carbocycles. The third-order valence-corrected chi connectivity index (χ3v) is 4.55. The number of amides is 2. The van der Waals surface area contributed by atoms with Crippen LogP contribution in [0, 0.1) is 18.3 Å². The predicted octanol–water partition coefficient (Wildman–Crippen LogP) is 3.69. The summed E-state index contributed by atoms with van der Waals surface area (Å²) in [4.78, 5) is 24.4. The molecule has 3 aromatic rings. The molecule has 0 saturated heterocycles. The van der Waals surface area contributed by atoms with Crippen LogP contribution in [-0.4, -0.2) is 24.9 Å². The van der Waals surface area contributed by atoms with Gasteiger partial charge in [0.1, 0.15) is 0 Å². The normalized spacial score (nSPS) is 10.1. The molecule has 5 heteroatoms. The van der Waals surface area contributed by atoms with Gasteiger partial charge in [-0.2, -0.15) is 5.26 Å². The van der Waals surface area contributed by atoms with E-state index in [4.69, 9.17) is 5.26 Å². The molecule has 0 bridgehead atoms. The zero-order chi connectivity index (χ0) is 20.6. The van der Waals surface area contributed by atoms with Gasteiger partial charge in [-0.1, -0.05) is 42.5 Å². The van der Waals surface area contributed by atoms with Crippen molar-refractivity contribution in [3.63, 3.8) is 0 Å². The fraction of sp³-hybridized carbons (Fsp3) is 0.125. The van der Waals surface area contributed by atoms with E-state index in [-0.39, 0.29) is 11.8 Å². The smallest absolute Gasteiger partial charge is 0.251 e. The number of benzene rings is 3. The Labute approximate surface area is 170 Å². The summed E-state index contributed by atoms with van der Waals surface area (Å²) >= 11 is 0. The standard InChI is InChI=1S/C24H21N3O2/c1-17-5-2-3-8-22(17)19-9-11-20(12-10-19)23(28)26-13-14-27-24(29)21-7-4-6-18(15-21)16-25/h2-12,15H,13-14H2,1H3,(H,26,28)(H,27,29). The van der Waals surface area contributed by atoms with Gasteiger partial charge in [0.15, 0.2) is 0 Å². The number of hydrogen-bond donors (Lipinski definition) is 2. The molecule has 2 amide bonds. The van der Waals surface area contributed by atoms with Crippen LogP contribution in [0.3, 0.4) is 0 Å². The van der Waals surface area contributed by atoms with Gasteiger partial charge in [-0.3, -0.25) is 9.59 Å². The van der Waals surface area contributed by atoms with E-state index in [9.17, 15) is 9.59 Å². The van der Waals surface area contributed by atoms with E-state index < -0.39 is 0 Å². The van der Waals surface area contributed by atoms with E-state index in [1.54, 1.807) is 30.3 Å². The molecular formula is C24H21N3O2. The van der Waals surface area contributed by atoms with Crippen molar-refractivity contribution < 1.29 is 9.59 Å². The first-order valence-electron chi connectivity index (χ1n) is 9.31. The molecule has 0 heterocycles. The van der Waals surface area contributed by atoms with Crippen molar-refractivity contribution in [1.82, 2.24) is 10.6 Å². The van der Waals surface area contributed by atoms with Crippen LogP contribution < -0.4 is 10.6 Å². The summed E-state index contributed by atoms with van der Waals surface area (Å²) in [6.07, 6.45) is 0. The largest absolute Gasteiger partial charge is 0.350 e. The Hall–Kier alpha value is -3.91. The Morgan fingerprint density at radius 3 is 2.14 bits per heavy atom. The first-order chi connectivity index (χ1) is 14.1. The highest BCUT2D eigenvalue weighted by molar-refractivity contribution is 5.95.